The van der Waals surface area contributed by atoms with Crippen LogP contribution in [0.15, 0.2) is 41.6 Å². The predicted octanol–water partition coefficient (Wildman–Crippen LogP) is 1.61. The van der Waals surface area contributed by atoms with E-state index in [1.807, 2.05) is 0 Å². The molecule has 0 saturated heterocycles. The monoisotopic (exact) mass is 244 g/mol. The summed E-state index contributed by atoms with van der Waals surface area (Å²) in [6.07, 6.45) is 4.84. The molecule has 2 aromatic rings. The summed E-state index contributed by atoms with van der Waals surface area (Å²) in [5.74, 6) is -0.616. The molecule has 0 radical (unpaired) electrons. The molecule has 0 spiro atoms. The SMILES string of the molecule is CCOC(=O)c1cc(-c2ccncc2)c[nH]c1=O. The van der Waals surface area contributed by atoms with Crippen molar-refractivity contribution in [1.82, 2.24) is 9.97 Å². The fourth-order valence-corrected chi connectivity index (χ4v) is 1.56. The first-order chi connectivity index (χ1) is 8.72. The molecule has 0 aromatic carbocycles. The number of carbonyl (C=O) groups excluding carboxylic acids is 1. The molecule has 92 valence electrons. The van der Waals surface area contributed by atoms with E-state index in [1.165, 1.54) is 6.07 Å². The molecule has 0 fully saturated rings. The maximum Gasteiger partial charge on any atom is 0.343 e. The topological polar surface area (TPSA) is 72.0 Å². The number of esters is 1. The molecule has 2 aromatic heterocycles. The van der Waals surface area contributed by atoms with Crippen molar-refractivity contribution < 1.29 is 9.53 Å². The third kappa shape index (κ3) is 2.45. The second kappa shape index (κ2) is 5.27. The van der Waals surface area contributed by atoms with Crippen LogP contribution < -0.4 is 5.56 Å². The van der Waals surface area contributed by atoms with E-state index in [2.05, 4.69) is 9.97 Å². The summed E-state index contributed by atoms with van der Waals surface area (Å²) in [5, 5.41) is 0. The van der Waals surface area contributed by atoms with Gasteiger partial charge in [0.25, 0.3) is 5.56 Å². The number of aromatic amines is 1. The Labute approximate surface area is 103 Å². The van der Waals surface area contributed by atoms with Crippen LogP contribution in [-0.4, -0.2) is 22.5 Å². The number of carbonyl (C=O) groups is 1. The van der Waals surface area contributed by atoms with Gasteiger partial charge in [0.15, 0.2) is 0 Å². The number of rotatable bonds is 3. The van der Waals surface area contributed by atoms with Crippen molar-refractivity contribution in [2.75, 3.05) is 6.61 Å². The first-order valence-electron chi connectivity index (χ1n) is 5.52. The number of hydrogen-bond acceptors (Lipinski definition) is 4. The normalized spacial score (nSPS) is 10.1. The van der Waals surface area contributed by atoms with E-state index in [0.717, 1.165) is 11.1 Å². The Morgan fingerprint density at radius 1 is 1.33 bits per heavy atom. The molecule has 0 saturated carbocycles. The van der Waals surface area contributed by atoms with Crippen LogP contribution in [0.2, 0.25) is 0 Å². The van der Waals surface area contributed by atoms with Gasteiger partial charge in [0, 0.05) is 18.6 Å². The van der Waals surface area contributed by atoms with Gasteiger partial charge >= 0.3 is 5.97 Å². The summed E-state index contributed by atoms with van der Waals surface area (Å²) in [6.45, 7) is 1.93. The van der Waals surface area contributed by atoms with Gasteiger partial charge in [0.2, 0.25) is 0 Å². The lowest BCUT2D eigenvalue weighted by molar-refractivity contribution is 0.0524. The number of hydrogen-bond donors (Lipinski definition) is 1. The minimum atomic E-state index is -0.616. The molecule has 5 heteroatoms. The van der Waals surface area contributed by atoms with Gasteiger partial charge < -0.3 is 9.72 Å². The van der Waals surface area contributed by atoms with Crippen LogP contribution in [0, 0.1) is 0 Å². The lowest BCUT2D eigenvalue weighted by atomic mass is 10.1. The van der Waals surface area contributed by atoms with Crippen LogP contribution in [0.4, 0.5) is 0 Å². The molecule has 0 aliphatic rings. The van der Waals surface area contributed by atoms with Gasteiger partial charge in [0.05, 0.1) is 6.61 Å². The summed E-state index contributed by atoms with van der Waals surface area (Å²) < 4.78 is 4.83. The molecule has 0 unspecified atom stereocenters. The third-order valence-electron chi connectivity index (χ3n) is 2.41. The molecule has 0 bridgehead atoms. The van der Waals surface area contributed by atoms with E-state index >= 15 is 0 Å². The lowest BCUT2D eigenvalue weighted by Crippen LogP contribution is -2.19. The Balaban J connectivity index is 2.44. The van der Waals surface area contributed by atoms with Gasteiger partial charge in [-0.25, -0.2) is 4.79 Å². The Bertz CT molecular complexity index is 605. The maximum absolute atomic E-state index is 11.6. The van der Waals surface area contributed by atoms with Crippen LogP contribution >= 0.6 is 0 Å². The van der Waals surface area contributed by atoms with E-state index < -0.39 is 11.5 Å². The summed E-state index contributed by atoms with van der Waals surface area (Å²) in [6, 6.07) is 5.11. The molecular formula is C13H12N2O3. The Kier molecular flexibility index (Phi) is 3.52. The number of nitrogens with zero attached hydrogens (tertiary/aromatic N) is 1. The Morgan fingerprint density at radius 2 is 2.06 bits per heavy atom. The van der Waals surface area contributed by atoms with E-state index in [4.69, 9.17) is 4.74 Å². The summed E-state index contributed by atoms with van der Waals surface area (Å²) in [7, 11) is 0. The molecule has 2 rings (SSSR count). The van der Waals surface area contributed by atoms with Gasteiger partial charge in [-0.1, -0.05) is 0 Å². The smallest absolute Gasteiger partial charge is 0.343 e. The molecule has 18 heavy (non-hydrogen) atoms. The Morgan fingerprint density at radius 3 is 2.72 bits per heavy atom. The lowest BCUT2D eigenvalue weighted by Gasteiger charge is -2.04. The Hall–Kier alpha value is -2.43. The third-order valence-corrected chi connectivity index (χ3v) is 2.41. The first-order valence-corrected chi connectivity index (χ1v) is 5.52. The molecule has 0 atom stereocenters. The molecule has 1 N–H and O–H groups in total. The average molecular weight is 244 g/mol. The van der Waals surface area contributed by atoms with Gasteiger partial charge in [-0.05, 0) is 36.2 Å². The van der Waals surface area contributed by atoms with Crippen molar-refractivity contribution in [3.63, 3.8) is 0 Å². The second-order valence-corrected chi connectivity index (χ2v) is 3.59. The summed E-state index contributed by atoms with van der Waals surface area (Å²) in [4.78, 5) is 29.6. The fraction of sp³-hybridized carbons (Fsp3) is 0.154. The van der Waals surface area contributed by atoms with E-state index in [0.29, 0.717) is 0 Å². The average Bonchev–Trinajstić information content (AvgIpc) is 2.40. The fourth-order valence-electron chi connectivity index (χ4n) is 1.56. The molecule has 2 heterocycles. The van der Waals surface area contributed by atoms with Gasteiger partial charge in [0.1, 0.15) is 5.56 Å². The highest BCUT2D eigenvalue weighted by atomic mass is 16.5. The molecule has 0 aliphatic heterocycles. The zero-order chi connectivity index (χ0) is 13.0. The number of nitrogens with one attached hydrogen (secondary N) is 1. The van der Waals surface area contributed by atoms with Crippen molar-refractivity contribution in [3.05, 3.63) is 52.7 Å². The molecular weight excluding hydrogens is 232 g/mol. The minimum Gasteiger partial charge on any atom is -0.462 e. The van der Waals surface area contributed by atoms with Crippen molar-refractivity contribution in [2.45, 2.75) is 6.92 Å². The number of pyridine rings is 2. The van der Waals surface area contributed by atoms with E-state index in [1.54, 1.807) is 37.6 Å². The highest BCUT2D eigenvalue weighted by Gasteiger charge is 2.12. The number of H-pyrrole nitrogens is 1. The van der Waals surface area contributed by atoms with E-state index in [-0.39, 0.29) is 12.2 Å². The van der Waals surface area contributed by atoms with Crippen LogP contribution in [0.1, 0.15) is 17.3 Å². The van der Waals surface area contributed by atoms with E-state index in [9.17, 15) is 9.59 Å². The summed E-state index contributed by atoms with van der Waals surface area (Å²) >= 11 is 0. The van der Waals surface area contributed by atoms with Crippen LogP contribution in [0.25, 0.3) is 11.1 Å². The molecule has 0 aliphatic carbocycles. The number of ether oxygens (including phenoxy) is 1. The quantitative estimate of drug-likeness (QED) is 0.832. The second-order valence-electron chi connectivity index (χ2n) is 3.59. The van der Waals surface area contributed by atoms with Crippen molar-refractivity contribution in [1.29, 1.82) is 0 Å². The van der Waals surface area contributed by atoms with Gasteiger partial charge in [-0.3, -0.25) is 9.78 Å². The molecule has 0 amide bonds. The first kappa shape index (κ1) is 12.0. The predicted molar refractivity (Wildman–Crippen MR) is 66.3 cm³/mol. The zero-order valence-electron chi connectivity index (χ0n) is 9.84. The van der Waals surface area contributed by atoms with Crippen molar-refractivity contribution >= 4 is 5.97 Å². The van der Waals surface area contributed by atoms with Gasteiger partial charge in [-0.15, -0.1) is 0 Å². The maximum atomic E-state index is 11.6. The highest BCUT2D eigenvalue weighted by molar-refractivity contribution is 5.90. The van der Waals surface area contributed by atoms with Crippen molar-refractivity contribution in [3.8, 4) is 11.1 Å². The van der Waals surface area contributed by atoms with Crippen LogP contribution in [-0.2, 0) is 4.74 Å². The number of aromatic nitrogens is 2. The molecule has 5 nitrogen and oxygen atoms in total. The van der Waals surface area contributed by atoms with Gasteiger partial charge in [-0.2, -0.15) is 0 Å². The van der Waals surface area contributed by atoms with Crippen LogP contribution in [0.3, 0.4) is 0 Å². The standard InChI is InChI=1S/C13H12N2O3/c1-2-18-13(17)11-7-10(8-15-12(11)16)9-3-5-14-6-4-9/h3-8H,2H2,1H3,(H,15,16). The zero-order valence-corrected chi connectivity index (χ0v) is 9.84. The van der Waals surface area contributed by atoms with Crippen molar-refractivity contribution in [2.24, 2.45) is 0 Å². The minimum absolute atomic E-state index is 0.00571. The van der Waals surface area contributed by atoms with Crippen LogP contribution in [0.5, 0.6) is 0 Å². The highest BCUT2D eigenvalue weighted by Crippen LogP contribution is 2.17. The largest absolute Gasteiger partial charge is 0.462 e. The summed E-state index contributed by atoms with van der Waals surface area (Å²) in [5.41, 5.74) is 1.16.